The highest BCUT2D eigenvalue weighted by Crippen LogP contribution is 2.29. The fourth-order valence-corrected chi connectivity index (χ4v) is 3.20. The Balaban J connectivity index is 1.70. The van der Waals surface area contributed by atoms with Gasteiger partial charge in [0.15, 0.2) is 0 Å². The van der Waals surface area contributed by atoms with Gasteiger partial charge < -0.3 is 4.74 Å². The fraction of sp³-hybridized carbons (Fsp3) is 0.350. The Bertz CT molecular complexity index is 869. The van der Waals surface area contributed by atoms with Gasteiger partial charge in [0.25, 0.3) is 0 Å². The van der Waals surface area contributed by atoms with Crippen LogP contribution >= 0.6 is 11.6 Å². The molecule has 0 aliphatic rings. The van der Waals surface area contributed by atoms with Crippen LogP contribution in [0.4, 0.5) is 4.48 Å². The molecule has 0 radical (unpaired) electrons. The summed E-state index contributed by atoms with van der Waals surface area (Å²) >= 11 is 6.08. The highest BCUT2D eigenvalue weighted by molar-refractivity contribution is 6.31. The van der Waals surface area contributed by atoms with E-state index in [1.54, 1.807) is 5.54 Å². The van der Waals surface area contributed by atoms with Gasteiger partial charge in [-0.3, -0.25) is 0 Å². The molecular weight excluding hydrogens is 339 g/mol. The molecular formula is C20H22ClFN2O. The van der Waals surface area contributed by atoms with Gasteiger partial charge >= 0.3 is 0 Å². The predicted octanol–water partition coefficient (Wildman–Crippen LogP) is 5.76. The van der Waals surface area contributed by atoms with Crippen molar-refractivity contribution in [3.05, 3.63) is 47.0 Å². The number of halogens is 2. The summed E-state index contributed by atoms with van der Waals surface area (Å²) in [6.45, 7) is 3.20. The zero-order valence-corrected chi connectivity index (χ0v) is 15.1. The van der Waals surface area contributed by atoms with Crippen molar-refractivity contribution in [3.8, 4) is 5.75 Å². The van der Waals surface area contributed by atoms with Crippen molar-refractivity contribution < 1.29 is 9.22 Å². The van der Waals surface area contributed by atoms with Gasteiger partial charge in [-0.25, -0.2) is 4.98 Å². The largest absolute Gasteiger partial charge is 0.494 e. The molecule has 0 saturated heterocycles. The quantitative estimate of drug-likeness (QED) is 0.315. The number of aryl methyl sites for hydroxylation is 1. The minimum absolute atomic E-state index is 0.428. The lowest BCUT2D eigenvalue weighted by molar-refractivity contribution is 0.299. The molecule has 1 N–H and O–H groups in total. The summed E-state index contributed by atoms with van der Waals surface area (Å²) < 4.78 is 17.6. The molecule has 132 valence electrons. The summed E-state index contributed by atoms with van der Waals surface area (Å²) in [7, 11) is 0. The SMILES string of the molecule is Cc1c2ccc(Cl)cc2nc2ccc(OCCCCCCNF)cc12. The van der Waals surface area contributed by atoms with Gasteiger partial charge in [0.05, 0.1) is 17.6 Å². The second-order valence-corrected chi connectivity index (χ2v) is 6.66. The number of hydrogen-bond acceptors (Lipinski definition) is 3. The number of unbranched alkanes of at least 4 members (excludes halogenated alkanes) is 3. The van der Waals surface area contributed by atoms with Gasteiger partial charge in [0.2, 0.25) is 0 Å². The monoisotopic (exact) mass is 360 g/mol. The van der Waals surface area contributed by atoms with Gasteiger partial charge in [-0.15, -0.1) is 4.48 Å². The molecule has 0 atom stereocenters. The third-order valence-corrected chi connectivity index (χ3v) is 4.65. The maximum absolute atomic E-state index is 11.8. The van der Waals surface area contributed by atoms with Crippen LogP contribution in [-0.2, 0) is 0 Å². The average Bonchev–Trinajstić information content (AvgIpc) is 2.61. The van der Waals surface area contributed by atoms with Crippen molar-refractivity contribution in [1.29, 1.82) is 0 Å². The van der Waals surface area contributed by atoms with Gasteiger partial charge in [-0.05, 0) is 55.7 Å². The molecule has 5 heteroatoms. The fourth-order valence-electron chi connectivity index (χ4n) is 3.03. The van der Waals surface area contributed by atoms with Crippen molar-refractivity contribution in [3.63, 3.8) is 0 Å². The second-order valence-electron chi connectivity index (χ2n) is 6.22. The molecule has 3 nitrogen and oxygen atoms in total. The maximum atomic E-state index is 11.8. The Morgan fingerprint density at radius 2 is 1.84 bits per heavy atom. The van der Waals surface area contributed by atoms with Crippen molar-refractivity contribution in [2.45, 2.75) is 32.6 Å². The number of aromatic nitrogens is 1. The maximum Gasteiger partial charge on any atom is 0.120 e. The van der Waals surface area contributed by atoms with Crippen LogP contribution in [0.1, 0.15) is 31.2 Å². The minimum Gasteiger partial charge on any atom is -0.494 e. The third kappa shape index (κ3) is 4.39. The van der Waals surface area contributed by atoms with Crippen LogP contribution in [-0.4, -0.2) is 18.1 Å². The Morgan fingerprint density at radius 1 is 1.00 bits per heavy atom. The first-order valence-corrected chi connectivity index (χ1v) is 9.03. The smallest absolute Gasteiger partial charge is 0.120 e. The number of fused-ring (bicyclic) bond motifs is 2. The Kier molecular flexibility index (Phi) is 6.05. The first-order valence-electron chi connectivity index (χ1n) is 8.65. The van der Waals surface area contributed by atoms with Crippen molar-refractivity contribution >= 4 is 33.4 Å². The molecule has 0 fully saturated rings. The van der Waals surface area contributed by atoms with Crippen LogP contribution in [0.25, 0.3) is 21.8 Å². The predicted molar refractivity (Wildman–Crippen MR) is 102 cm³/mol. The van der Waals surface area contributed by atoms with E-state index in [1.807, 2.05) is 30.3 Å². The lowest BCUT2D eigenvalue weighted by Gasteiger charge is -2.10. The number of nitrogens with one attached hydrogen (secondary N) is 1. The minimum atomic E-state index is 0.428. The molecule has 2 aromatic carbocycles. The molecule has 0 bridgehead atoms. The van der Waals surface area contributed by atoms with E-state index >= 15 is 0 Å². The van der Waals surface area contributed by atoms with E-state index in [0.29, 0.717) is 18.2 Å². The molecule has 0 spiro atoms. The first kappa shape index (κ1) is 17.9. The van der Waals surface area contributed by atoms with Gasteiger partial charge in [-0.1, -0.05) is 30.5 Å². The Morgan fingerprint density at radius 3 is 2.68 bits per heavy atom. The average molecular weight is 361 g/mol. The van der Waals surface area contributed by atoms with Crippen LogP contribution in [0, 0.1) is 6.92 Å². The number of nitrogens with zero attached hydrogens (tertiary/aromatic N) is 1. The third-order valence-electron chi connectivity index (χ3n) is 4.41. The summed E-state index contributed by atoms with van der Waals surface area (Å²) in [4.78, 5) is 4.70. The summed E-state index contributed by atoms with van der Waals surface area (Å²) in [5.41, 5.74) is 4.71. The lowest BCUT2D eigenvalue weighted by Crippen LogP contribution is -2.02. The highest BCUT2D eigenvalue weighted by Gasteiger charge is 2.07. The number of pyridine rings is 1. The molecule has 0 aliphatic carbocycles. The Hall–Kier alpha value is -1.91. The molecule has 3 rings (SSSR count). The normalized spacial score (nSPS) is 11.3. The number of ether oxygens (including phenoxy) is 1. The van der Waals surface area contributed by atoms with Crippen LogP contribution in [0.5, 0.6) is 5.75 Å². The van der Waals surface area contributed by atoms with Gasteiger partial charge in [0.1, 0.15) is 5.75 Å². The second kappa shape index (κ2) is 8.45. The van der Waals surface area contributed by atoms with Crippen molar-refractivity contribution in [2.24, 2.45) is 0 Å². The number of hydrogen-bond donors (Lipinski definition) is 1. The van der Waals surface area contributed by atoms with E-state index < -0.39 is 0 Å². The summed E-state index contributed by atoms with van der Waals surface area (Å²) in [6.07, 6.45) is 3.88. The molecule has 0 aliphatic heterocycles. The summed E-state index contributed by atoms with van der Waals surface area (Å²) in [5, 5.41) is 2.90. The van der Waals surface area contributed by atoms with Gasteiger partial charge in [0, 0.05) is 22.3 Å². The standard InChI is InChI=1S/C20H22ClFN2O/c1-14-17-8-6-15(21)12-20(17)24-19-9-7-16(13-18(14)19)25-11-5-3-2-4-10-23-22/h6-9,12-13,23H,2-5,10-11H2,1H3. The summed E-state index contributed by atoms with van der Waals surface area (Å²) in [6, 6.07) is 11.8. The van der Waals surface area contributed by atoms with E-state index in [1.165, 1.54) is 5.56 Å². The molecule has 0 saturated carbocycles. The molecule has 1 heterocycles. The van der Waals surface area contributed by atoms with Crippen molar-refractivity contribution in [1.82, 2.24) is 10.5 Å². The summed E-state index contributed by atoms with van der Waals surface area (Å²) in [5.74, 6) is 0.858. The van der Waals surface area contributed by atoms with Crippen molar-refractivity contribution in [2.75, 3.05) is 13.2 Å². The van der Waals surface area contributed by atoms with Crippen LogP contribution in [0.2, 0.25) is 5.02 Å². The lowest BCUT2D eigenvalue weighted by atomic mass is 10.0. The van der Waals surface area contributed by atoms with Crippen LogP contribution in [0.3, 0.4) is 0 Å². The van der Waals surface area contributed by atoms with E-state index in [9.17, 15) is 4.48 Å². The number of rotatable bonds is 8. The van der Waals surface area contributed by atoms with Gasteiger partial charge in [-0.2, -0.15) is 5.54 Å². The molecule has 0 amide bonds. The van der Waals surface area contributed by atoms with Crippen LogP contribution in [0.15, 0.2) is 36.4 Å². The molecule has 0 unspecified atom stereocenters. The first-order chi connectivity index (χ1) is 12.2. The van der Waals surface area contributed by atoms with E-state index in [2.05, 4.69) is 13.0 Å². The zero-order valence-electron chi connectivity index (χ0n) is 14.3. The van der Waals surface area contributed by atoms with E-state index in [0.717, 1.165) is 53.2 Å². The van der Waals surface area contributed by atoms with E-state index in [4.69, 9.17) is 21.3 Å². The highest BCUT2D eigenvalue weighted by atomic mass is 35.5. The topological polar surface area (TPSA) is 34.1 Å². The Labute approximate surface area is 152 Å². The molecule has 1 aromatic heterocycles. The zero-order chi connectivity index (χ0) is 17.6. The molecule has 25 heavy (non-hydrogen) atoms. The molecule has 3 aromatic rings. The van der Waals surface area contributed by atoms with Crippen LogP contribution < -0.4 is 10.3 Å². The number of benzene rings is 2. The van der Waals surface area contributed by atoms with E-state index in [-0.39, 0.29) is 0 Å².